The van der Waals surface area contributed by atoms with Crippen LogP contribution in [0.4, 0.5) is 0 Å². The predicted molar refractivity (Wildman–Crippen MR) is 84.3 cm³/mol. The van der Waals surface area contributed by atoms with Crippen LogP contribution >= 0.6 is 27.5 Å². The molecule has 0 bridgehead atoms. The van der Waals surface area contributed by atoms with E-state index in [1.54, 1.807) is 6.20 Å². The molecule has 0 atom stereocenters. The molecule has 0 saturated heterocycles. The molecule has 2 heterocycles. The van der Waals surface area contributed by atoms with Crippen LogP contribution in [0.1, 0.15) is 17.8 Å². The van der Waals surface area contributed by atoms with Crippen LogP contribution in [0.2, 0.25) is 5.02 Å². The number of amides is 1. The summed E-state index contributed by atoms with van der Waals surface area (Å²) < 4.78 is 4.50. The molecule has 0 aliphatic rings. The van der Waals surface area contributed by atoms with E-state index in [-0.39, 0.29) is 12.5 Å². The highest BCUT2D eigenvalue weighted by molar-refractivity contribution is 9.10. The maximum absolute atomic E-state index is 11.7. The number of hydrogen-bond acceptors (Lipinski definition) is 3. The average Bonchev–Trinajstić information content (AvgIpc) is 2.94. The summed E-state index contributed by atoms with van der Waals surface area (Å²) >= 11 is 9.24. The minimum absolute atomic E-state index is 0.0793. The van der Waals surface area contributed by atoms with Gasteiger partial charge in [-0.25, -0.2) is 0 Å². The summed E-state index contributed by atoms with van der Waals surface area (Å²) in [6.07, 6.45) is 3.95. The fraction of sp³-hybridized carbons (Fsp3) is 0.462. The lowest BCUT2D eigenvalue weighted by Crippen LogP contribution is -2.29. The molecule has 21 heavy (non-hydrogen) atoms. The molecule has 0 spiro atoms. The van der Waals surface area contributed by atoms with Gasteiger partial charge in [-0.2, -0.15) is 10.2 Å². The average molecular weight is 375 g/mol. The Morgan fingerprint density at radius 2 is 2.24 bits per heavy atom. The van der Waals surface area contributed by atoms with Crippen molar-refractivity contribution in [2.24, 2.45) is 0 Å². The summed E-state index contributed by atoms with van der Waals surface area (Å²) in [5, 5.41) is 11.8. The largest absolute Gasteiger partial charge is 0.354 e. The van der Waals surface area contributed by atoms with Gasteiger partial charge in [-0.1, -0.05) is 11.6 Å². The summed E-state index contributed by atoms with van der Waals surface area (Å²) in [5.74, 6) is -0.0793. The highest BCUT2D eigenvalue weighted by Crippen LogP contribution is 2.19. The Hall–Kier alpha value is -1.34. The van der Waals surface area contributed by atoms with Crippen LogP contribution in [0.3, 0.4) is 0 Å². The highest BCUT2D eigenvalue weighted by atomic mass is 79.9. The van der Waals surface area contributed by atoms with Crippen molar-refractivity contribution < 1.29 is 4.79 Å². The van der Waals surface area contributed by atoms with Crippen LogP contribution in [-0.2, 0) is 17.9 Å². The molecule has 0 aromatic carbocycles. The van der Waals surface area contributed by atoms with Gasteiger partial charge in [0, 0.05) is 25.0 Å². The topological polar surface area (TPSA) is 64.7 Å². The van der Waals surface area contributed by atoms with Gasteiger partial charge in [-0.3, -0.25) is 14.2 Å². The summed E-state index contributed by atoms with van der Waals surface area (Å²) in [7, 11) is 0. The van der Waals surface area contributed by atoms with Crippen molar-refractivity contribution in [2.75, 3.05) is 6.54 Å². The molecule has 2 rings (SSSR count). The molecule has 6 nitrogen and oxygen atoms in total. The van der Waals surface area contributed by atoms with Gasteiger partial charge in [0.15, 0.2) is 0 Å². The number of nitrogens with one attached hydrogen (secondary N) is 1. The van der Waals surface area contributed by atoms with Gasteiger partial charge >= 0.3 is 0 Å². The van der Waals surface area contributed by atoms with Gasteiger partial charge in [0.2, 0.25) is 5.91 Å². The zero-order chi connectivity index (χ0) is 15.4. The Balaban J connectivity index is 1.72. The lowest BCUT2D eigenvalue weighted by Gasteiger charge is -2.07. The minimum Gasteiger partial charge on any atom is -0.354 e. The second-order valence-electron chi connectivity index (χ2n) is 4.77. The molecule has 0 saturated carbocycles. The third-order valence-corrected chi connectivity index (χ3v) is 4.41. The number of rotatable bonds is 6. The second kappa shape index (κ2) is 7.09. The normalized spacial score (nSPS) is 10.9. The summed E-state index contributed by atoms with van der Waals surface area (Å²) in [6.45, 7) is 5.53. The number of carbonyl (C=O) groups is 1. The monoisotopic (exact) mass is 373 g/mol. The Kier molecular flexibility index (Phi) is 5.41. The van der Waals surface area contributed by atoms with E-state index in [9.17, 15) is 4.79 Å². The molecule has 0 fully saturated rings. The van der Waals surface area contributed by atoms with Gasteiger partial charge in [0.25, 0.3) is 0 Å². The molecule has 0 unspecified atom stereocenters. The lowest BCUT2D eigenvalue weighted by molar-refractivity contribution is -0.121. The number of halogens is 2. The maximum atomic E-state index is 11.7. The molecular weight excluding hydrogens is 358 g/mol. The van der Waals surface area contributed by atoms with E-state index < -0.39 is 0 Å². The molecule has 114 valence electrons. The van der Waals surface area contributed by atoms with Crippen LogP contribution in [0.15, 0.2) is 16.9 Å². The number of carbonyl (C=O) groups excluding carboxylic acids is 1. The van der Waals surface area contributed by atoms with E-state index in [0.29, 0.717) is 11.6 Å². The molecule has 0 radical (unpaired) electrons. The van der Waals surface area contributed by atoms with E-state index in [1.807, 2.05) is 18.5 Å². The standard InChI is InChI=1S/C13H17BrClN5O/c1-9-13(14)10(2)20(18-9)5-3-4-16-12(21)8-19-7-11(15)6-17-19/h6-7H,3-5,8H2,1-2H3,(H,16,21). The molecule has 1 N–H and O–H groups in total. The van der Waals surface area contributed by atoms with Gasteiger partial charge < -0.3 is 5.32 Å². The second-order valence-corrected chi connectivity index (χ2v) is 6.00. The van der Waals surface area contributed by atoms with Crippen molar-refractivity contribution in [2.45, 2.75) is 33.4 Å². The fourth-order valence-electron chi connectivity index (χ4n) is 1.98. The van der Waals surface area contributed by atoms with E-state index in [2.05, 4.69) is 31.4 Å². The van der Waals surface area contributed by atoms with Crippen molar-refractivity contribution in [3.8, 4) is 0 Å². The lowest BCUT2D eigenvalue weighted by atomic mass is 10.4. The first-order valence-electron chi connectivity index (χ1n) is 6.61. The first kappa shape index (κ1) is 16.0. The van der Waals surface area contributed by atoms with E-state index in [0.717, 1.165) is 28.8 Å². The first-order chi connectivity index (χ1) is 9.97. The van der Waals surface area contributed by atoms with Crippen molar-refractivity contribution in [3.05, 3.63) is 33.3 Å². The number of aromatic nitrogens is 4. The molecule has 1 amide bonds. The minimum atomic E-state index is -0.0793. The molecule has 2 aromatic heterocycles. The van der Waals surface area contributed by atoms with Crippen LogP contribution in [0.5, 0.6) is 0 Å². The Morgan fingerprint density at radius 1 is 1.48 bits per heavy atom. The van der Waals surface area contributed by atoms with Crippen LogP contribution in [0, 0.1) is 13.8 Å². The molecule has 8 heteroatoms. The van der Waals surface area contributed by atoms with Crippen LogP contribution in [-0.4, -0.2) is 32.0 Å². The third-order valence-electron chi connectivity index (χ3n) is 3.07. The van der Waals surface area contributed by atoms with Gasteiger partial charge in [-0.05, 0) is 36.2 Å². The predicted octanol–water partition coefficient (Wildman–Crippen LogP) is 2.32. The van der Waals surface area contributed by atoms with Crippen molar-refractivity contribution in [3.63, 3.8) is 0 Å². The molecule has 0 aliphatic carbocycles. The summed E-state index contributed by atoms with van der Waals surface area (Å²) in [5.41, 5.74) is 2.08. The number of nitrogens with zero attached hydrogens (tertiary/aromatic N) is 4. The third kappa shape index (κ3) is 4.31. The molecule has 0 aliphatic heterocycles. The fourth-order valence-corrected chi connectivity index (χ4v) is 2.42. The SMILES string of the molecule is Cc1nn(CCCNC(=O)Cn2cc(Cl)cn2)c(C)c1Br. The highest BCUT2D eigenvalue weighted by Gasteiger charge is 2.08. The van der Waals surface area contributed by atoms with Gasteiger partial charge in [0.05, 0.1) is 21.4 Å². The van der Waals surface area contributed by atoms with Crippen molar-refractivity contribution in [1.29, 1.82) is 0 Å². The van der Waals surface area contributed by atoms with Crippen LogP contribution in [0.25, 0.3) is 0 Å². The Bertz CT molecular complexity index is 637. The van der Waals surface area contributed by atoms with Gasteiger partial charge in [0.1, 0.15) is 6.54 Å². The summed E-state index contributed by atoms with van der Waals surface area (Å²) in [6, 6.07) is 0. The summed E-state index contributed by atoms with van der Waals surface area (Å²) in [4.78, 5) is 11.7. The number of aryl methyl sites for hydroxylation is 2. The number of hydrogen-bond donors (Lipinski definition) is 1. The van der Waals surface area contributed by atoms with Crippen LogP contribution < -0.4 is 5.32 Å². The zero-order valence-corrected chi connectivity index (χ0v) is 14.3. The van der Waals surface area contributed by atoms with Gasteiger partial charge in [-0.15, -0.1) is 0 Å². The Morgan fingerprint density at radius 3 is 2.81 bits per heavy atom. The molecule has 2 aromatic rings. The van der Waals surface area contributed by atoms with E-state index in [1.165, 1.54) is 10.9 Å². The molecular formula is C13H17BrClN5O. The van der Waals surface area contributed by atoms with E-state index in [4.69, 9.17) is 11.6 Å². The Labute approximate surface area is 136 Å². The first-order valence-corrected chi connectivity index (χ1v) is 7.78. The maximum Gasteiger partial charge on any atom is 0.241 e. The zero-order valence-electron chi connectivity index (χ0n) is 11.9. The smallest absolute Gasteiger partial charge is 0.241 e. The van der Waals surface area contributed by atoms with Crippen molar-refractivity contribution in [1.82, 2.24) is 24.9 Å². The van der Waals surface area contributed by atoms with E-state index >= 15 is 0 Å². The quantitative estimate of drug-likeness (QED) is 0.789. The van der Waals surface area contributed by atoms with Crippen molar-refractivity contribution >= 4 is 33.4 Å².